The minimum atomic E-state index is -3.88. The molecule has 0 saturated carbocycles. The maximum atomic E-state index is 12.8. The van der Waals surface area contributed by atoms with Crippen LogP contribution in [0, 0.1) is 0 Å². The van der Waals surface area contributed by atoms with Gasteiger partial charge in [0.05, 0.1) is 13.4 Å². The predicted octanol–water partition coefficient (Wildman–Crippen LogP) is 2.19. The van der Waals surface area contributed by atoms with Gasteiger partial charge in [-0.25, -0.2) is 18.1 Å². The monoisotopic (exact) mass is 428 g/mol. The molecule has 3 rings (SSSR count). The highest BCUT2D eigenvalue weighted by molar-refractivity contribution is 7.89. The van der Waals surface area contributed by atoms with E-state index in [1.165, 1.54) is 19.2 Å². The van der Waals surface area contributed by atoms with Crippen LogP contribution in [0.2, 0.25) is 0 Å². The number of hydrogen-bond acceptors (Lipinski definition) is 5. The number of carbonyl (C=O) groups is 1. The molecule has 0 unspecified atom stereocenters. The lowest BCUT2D eigenvalue weighted by molar-refractivity contribution is 0.0952. The number of rotatable bonds is 10. The summed E-state index contributed by atoms with van der Waals surface area (Å²) in [6.45, 7) is 1.32. The third-order valence-corrected chi connectivity index (χ3v) is 5.88. The van der Waals surface area contributed by atoms with Gasteiger partial charge in [0.25, 0.3) is 5.91 Å². The summed E-state index contributed by atoms with van der Waals surface area (Å²) in [6, 6.07) is 13.5. The minimum absolute atomic E-state index is 0.0769. The maximum absolute atomic E-state index is 12.8. The van der Waals surface area contributed by atoms with Crippen molar-refractivity contribution in [1.29, 1.82) is 0 Å². The molecular formula is C21H24N4O4S. The van der Waals surface area contributed by atoms with Crippen LogP contribution in [-0.2, 0) is 23.1 Å². The Morgan fingerprint density at radius 2 is 1.97 bits per heavy atom. The minimum Gasteiger partial charge on any atom is -0.495 e. The molecule has 2 aromatic carbocycles. The number of benzene rings is 2. The molecular weight excluding hydrogens is 404 g/mol. The summed E-state index contributed by atoms with van der Waals surface area (Å²) in [6.07, 6.45) is 5.99. The van der Waals surface area contributed by atoms with E-state index in [1.54, 1.807) is 18.6 Å². The van der Waals surface area contributed by atoms with Crippen LogP contribution in [0.4, 0.5) is 0 Å². The maximum Gasteiger partial charge on any atom is 0.251 e. The molecule has 1 amide bonds. The summed E-state index contributed by atoms with van der Waals surface area (Å²) >= 11 is 0. The van der Waals surface area contributed by atoms with Gasteiger partial charge in [0.15, 0.2) is 0 Å². The molecule has 0 bridgehead atoms. The highest BCUT2D eigenvalue weighted by Crippen LogP contribution is 2.25. The molecule has 158 valence electrons. The van der Waals surface area contributed by atoms with E-state index in [1.807, 2.05) is 41.1 Å². The molecule has 0 spiro atoms. The van der Waals surface area contributed by atoms with E-state index >= 15 is 0 Å². The second-order valence-electron chi connectivity index (χ2n) is 6.59. The van der Waals surface area contributed by atoms with Gasteiger partial charge in [0.1, 0.15) is 10.6 Å². The zero-order valence-corrected chi connectivity index (χ0v) is 17.4. The second kappa shape index (κ2) is 10.0. The van der Waals surface area contributed by atoms with E-state index in [2.05, 4.69) is 15.0 Å². The molecule has 1 aromatic heterocycles. The first-order valence-corrected chi connectivity index (χ1v) is 10.9. The number of nitrogens with one attached hydrogen (secondary N) is 2. The SMILES string of the molecule is COc1ccc(C(=O)NCCCn2ccnc2)cc1S(=O)(=O)NCc1ccccc1. The van der Waals surface area contributed by atoms with Crippen molar-refractivity contribution in [3.63, 3.8) is 0 Å². The molecule has 9 heteroatoms. The van der Waals surface area contributed by atoms with Crippen LogP contribution in [0.1, 0.15) is 22.3 Å². The van der Waals surface area contributed by atoms with Crippen molar-refractivity contribution in [3.05, 3.63) is 78.4 Å². The van der Waals surface area contributed by atoms with Gasteiger partial charge in [-0.2, -0.15) is 0 Å². The van der Waals surface area contributed by atoms with Crippen LogP contribution >= 0.6 is 0 Å². The number of methoxy groups -OCH3 is 1. The number of hydrogen-bond donors (Lipinski definition) is 2. The van der Waals surface area contributed by atoms with Gasteiger partial charge < -0.3 is 14.6 Å². The summed E-state index contributed by atoms with van der Waals surface area (Å²) in [7, 11) is -2.49. The zero-order valence-electron chi connectivity index (χ0n) is 16.6. The Hall–Kier alpha value is -3.17. The van der Waals surface area contributed by atoms with Gasteiger partial charge in [-0.15, -0.1) is 0 Å². The third-order valence-electron chi connectivity index (χ3n) is 4.46. The van der Waals surface area contributed by atoms with Crippen LogP contribution in [-0.4, -0.2) is 37.5 Å². The van der Waals surface area contributed by atoms with Gasteiger partial charge in [0.2, 0.25) is 10.0 Å². The number of sulfonamides is 1. The van der Waals surface area contributed by atoms with E-state index in [9.17, 15) is 13.2 Å². The Morgan fingerprint density at radius 3 is 2.67 bits per heavy atom. The van der Waals surface area contributed by atoms with E-state index in [0.29, 0.717) is 6.54 Å². The third kappa shape index (κ3) is 5.68. The number of aromatic nitrogens is 2. The van der Waals surface area contributed by atoms with Gasteiger partial charge in [-0.05, 0) is 30.2 Å². The van der Waals surface area contributed by atoms with Crippen molar-refractivity contribution in [1.82, 2.24) is 19.6 Å². The molecule has 0 radical (unpaired) electrons. The molecule has 0 aliphatic rings. The van der Waals surface area contributed by atoms with Crippen LogP contribution in [0.25, 0.3) is 0 Å². The smallest absolute Gasteiger partial charge is 0.251 e. The van der Waals surface area contributed by atoms with E-state index < -0.39 is 10.0 Å². The van der Waals surface area contributed by atoms with Crippen molar-refractivity contribution >= 4 is 15.9 Å². The van der Waals surface area contributed by atoms with Crippen LogP contribution in [0.15, 0.2) is 72.1 Å². The Kier molecular flexibility index (Phi) is 7.21. The largest absolute Gasteiger partial charge is 0.495 e. The summed E-state index contributed by atoms with van der Waals surface area (Å²) in [5, 5.41) is 2.81. The summed E-state index contributed by atoms with van der Waals surface area (Å²) in [4.78, 5) is 16.4. The van der Waals surface area contributed by atoms with E-state index in [-0.39, 0.29) is 28.7 Å². The summed E-state index contributed by atoms with van der Waals surface area (Å²) in [5.74, 6) is -0.171. The number of imidazole rings is 1. The summed E-state index contributed by atoms with van der Waals surface area (Å²) in [5.41, 5.74) is 1.07. The zero-order chi connectivity index (χ0) is 21.4. The van der Waals surface area contributed by atoms with E-state index in [0.717, 1.165) is 18.5 Å². The molecule has 0 aliphatic heterocycles. The fraction of sp³-hybridized carbons (Fsp3) is 0.238. The first kappa shape index (κ1) is 21.5. The first-order valence-electron chi connectivity index (χ1n) is 9.45. The highest BCUT2D eigenvalue weighted by Gasteiger charge is 2.21. The number of amides is 1. The molecule has 3 aromatic rings. The topological polar surface area (TPSA) is 102 Å². The van der Waals surface area contributed by atoms with Crippen molar-refractivity contribution in [3.8, 4) is 5.75 Å². The Bertz CT molecular complexity index is 1070. The lowest BCUT2D eigenvalue weighted by atomic mass is 10.2. The van der Waals surface area contributed by atoms with Crippen LogP contribution in [0.3, 0.4) is 0 Å². The first-order chi connectivity index (χ1) is 14.5. The fourth-order valence-electron chi connectivity index (χ4n) is 2.86. The lowest BCUT2D eigenvalue weighted by Crippen LogP contribution is -2.27. The standard InChI is InChI=1S/C21H24N4O4S/c1-29-19-9-8-18(21(26)23-10-5-12-25-13-11-22-16-25)14-20(19)30(27,28)24-15-17-6-3-2-4-7-17/h2-4,6-9,11,13-14,16,24H,5,10,12,15H2,1H3,(H,23,26). The van der Waals surface area contributed by atoms with Crippen LogP contribution < -0.4 is 14.8 Å². The van der Waals surface area contributed by atoms with Gasteiger partial charge in [0, 0.05) is 37.6 Å². The van der Waals surface area contributed by atoms with Gasteiger partial charge >= 0.3 is 0 Å². The van der Waals surface area contributed by atoms with E-state index in [4.69, 9.17) is 4.74 Å². The predicted molar refractivity (Wildman–Crippen MR) is 113 cm³/mol. The number of nitrogens with zero attached hydrogens (tertiary/aromatic N) is 2. The van der Waals surface area contributed by atoms with Gasteiger partial charge in [-0.1, -0.05) is 30.3 Å². The van der Waals surface area contributed by atoms with Crippen molar-refractivity contribution in [2.75, 3.05) is 13.7 Å². The molecule has 0 atom stereocenters. The summed E-state index contributed by atoms with van der Waals surface area (Å²) < 4.78 is 35.3. The molecule has 0 saturated heterocycles. The second-order valence-corrected chi connectivity index (χ2v) is 8.32. The molecule has 0 aliphatic carbocycles. The van der Waals surface area contributed by atoms with Crippen molar-refractivity contribution in [2.24, 2.45) is 0 Å². The molecule has 2 N–H and O–H groups in total. The average molecular weight is 429 g/mol. The highest BCUT2D eigenvalue weighted by atomic mass is 32.2. The molecule has 30 heavy (non-hydrogen) atoms. The Balaban J connectivity index is 1.66. The average Bonchev–Trinajstić information content (AvgIpc) is 3.29. The molecule has 1 heterocycles. The number of carbonyl (C=O) groups excluding carboxylic acids is 1. The fourth-order valence-corrected chi connectivity index (χ4v) is 4.08. The van der Waals surface area contributed by atoms with Crippen molar-refractivity contribution in [2.45, 2.75) is 24.4 Å². The molecule has 0 fully saturated rings. The number of aryl methyl sites for hydroxylation is 1. The van der Waals surface area contributed by atoms with Crippen molar-refractivity contribution < 1.29 is 17.9 Å². The number of ether oxygens (including phenoxy) is 1. The van der Waals surface area contributed by atoms with Gasteiger partial charge in [-0.3, -0.25) is 4.79 Å². The molecule has 8 nitrogen and oxygen atoms in total. The lowest BCUT2D eigenvalue weighted by Gasteiger charge is -2.13. The Morgan fingerprint density at radius 1 is 1.17 bits per heavy atom. The quantitative estimate of drug-likeness (QED) is 0.482. The Labute approximate surface area is 176 Å². The normalized spacial score (nSPS) is 11.2. The van der Waals surface area contributed by atoms with Crippen LogP contribution in [0.5, 0.6) is 5.75 Å².